The van der Waals surface area contributed by atoms with Crippen LogP contribution in [-0.2, 0) is 11.3 Å². The number of nitrogens with zero attached hydrogens (tertiary/aromatic N) is 4. The summed E-state index contributed by atoms with van der Waals surface area (Å²) in [5, 5.41) is 7.71. The van der Waals surface area contributed by atoms with Crippen LogP contribution >= 0.6 is 0 Å². The van der Waals surface area contributed by atoms with Gasteiger partial charge in [0.2, 0.25) is 5.91 Å². The van der Waals surface area contributed by atoms with Crippen LogP contribution in [0.5, 0.6) is 0 Å². The van der Waals surface area contributed by atoms with Crippen LogP contribution in [-0.4, -0.2) is 44.2 Å². The molecule has 0 aliphatic carbocycles. The first-order valence-electron chi connectivity index (χ1n) is 7.64. The van der Waals surface area contributed by atoms with Gasteiger partial charge >= 0.3 is 0 Å². The lowest BCUT2D eigenvalue weighted by Crippen LogP contribution is -2.37. The van der Waals surface area contributed by atoms with Crippen molar-refractivity contribution in [3.8, 4) is 0 Å². The zero-order valence-corrected chi connectivity index (χ0v) is 12.9. The van der Waals surface area contributed by atoms with E-state index in [4.69, 9.17) is 0 Å². The number of hydrogen-bond donors (Lipinski definition) is 1. The lowest BCUT2D eigenvalue weighted by atomic mass is 10.2. The Hall–Kier alpha value is -2.37. The standard InChI is InChI=1S/C16H21N5O/c1-12(2)21-10-6-14(16(21)22)18-15-7-9-20(19-15)11-13-5-3-4-8-17-13/h3-5,7-9,12,14H,6,10-11H2,1-2H3,(H,18,19)/t14-/m1/s1. The quantitative estimate of drug-likeness (QED) is 0.913. The molecule has 1 aliphatic heterocycles. The van der Waals surface area contributed by atoms with E-state index in [0.717, 1.165) is 24.5 Å². The summed E-state index contributed by atoms with van der Waals surface area (Å²) < 4.78 is 1.82. The van der Waals surface area contributed by atoms with Crippen LogP contribution in [0.4, 0.5) is 5.82 Å². The first-order chi connectivity index (χ1) is 10.6. The maximum Gasteiger partial charge on any atom is 0.245 e. The van der Waals surface area contributed by atoms with E-state index in [-0.39, 0.29) is 18.0 Å². The predicted molar refractivity (Wildman–Crippen MR) is 84.4 cm³/mol. The molecular weight excluding hydrogens is 278 g/mol. The van der Waals surface area contributed by atoms with Crippen molar-refractivity contribution in [3.63, 3.8) is 0 Å². The average Bonchev–Trinajstić information content (AvgIpc) is 3.08. The van der Waals surface area contributed by atoms with Crippen molar-refractivity contribution >= 4 is 11.7 Å². The molecule has 1 amide bonds. The van der Waals surface area contributed by atoms with Gasteiger partial charge in [0.05, 0.1) is 12.2 Å². The lowest BCUT2D eigenvalue weighted by molar-refractivity contribution is -0.129. The molecule has 0 bridgehead atoms. The van der Waals surface area contributed by atoms with Gasteiger partial charge in [0.25, 0.3) is 0 Å². The molecule has 0 radical (unpaired) electrons. The number of carbonyl (C=O) groups is 1. The summed E-state index contributed by atoms with van der Waals surface area (Å²) in [5.41, 5.74) is 0.958. The molecule has 1 N–H and O–H groups in total. The SMILES string of the molecule is CC(C)N1CC[C@@H](Nc2ccn(Cc3ccccn3)n2)C1=O. The lowest BCUT2D eigenvalue weighted by Gasteiger charge is -2.21. The number of hydrogen-bond acceptors (Lipinski definition) is 4. The Morgan fingerprint density at radius 1 is 1.36 bits per heavy atom. The average molecular weight is 299 g/mol. The molecule has 1 fully saturated rings. The van der Waals surface area contributed by atoms with Crippen molar-refractivity contribution in [2.75, 3.05) is 11.9 Å². The van der Waals surface area contributed by atoms with Gasteiger partial charge in [-0.25, -0.2) is 0 Å². The fraction of sp³-hybridized carbons (Fsp3) is 0.438. The van der Waals surface area contributed by atoms with Gasteiger partial charge in [0.15, 0.2) is 0 Å². The van der Waals surface area contributed by atoms with Crippen molar-refractivity contribution < 1.29 is 4.79 Å². The maximum absolute atomic E-state index is 12.3. The fourth-order valence-corrected chi connectivity index (χ4v) is 2.71. The van der Waals surface area contributed by atoms with Crippen LogP contribution in [0.1, 0.15) is 26.0 Å². The highest BCUT2D eigenvalue weighted by atomic mass is 16.2. The summed E-state index contributed by atoms with van der Waals surface area (Å²) in [7, 11) is 0. The zero-order chi connectivity index (χ0) is 15.5. The number of nitrogens with one attached hydrogen (secondary N) is 1. The van der Waals surface area contributed by atoms with E-state index in [2.05, 4.69) is 15.4 Å². The van der Waals surface area contributed by atoms with Gasteiger partial charge in [-0.15, -0.1) is 0 Å². The van der Waals surface area contributed by atoms with Gasteiger partial charge in [0.1, 0.15) is 11.9 Å². The summed E-state index contributed by atoms with van der Waals surface area (Å²) >= 11 is 0. The Morgan fingerprint density at radius 3 is 2.91 bits per heavy atom. The highest BCUT2D eigenvalue weighted by Crippen LogP contribution is 2.18. The Kier molecular flexibility index (Phi) is 4.09. The second-order valence-electron chi connectivity index (χ2n) is 5.83. The van der Waals surface area contributed by atoms with Crippen LogP contribution in [0.15, 0.2) is 36.7 Å². The number of rotatable bonds is 5. The number of anilines is 1. The molecule has 6 nitrogen and oxygen atoms in total. The maximum atomic E-state index is 12.3. The Labute approximate surface area is 130 Å². The third-order valence-electron chi connectivity index (χ3n) is 3.88. The molecule has 3 heterocycles. The van der Waals surface area contributed by atoms with Gasteiger partial charge in [-0.1, -0.05) is 6.07 Å². The normalized spacial score (nSPS) is 18.2. The van der Waals surface area contributed by atoms with Crippen LogP contribution < -0.4 is 5.32 Å². The first-order valence-corrected chi connectivity index (χ1v) is 7.64. The number of likely N-dealkylation sites (tertiary alicyclic amines) is 1. The van der Waals surface area contributed by atoms with Crippen molar-refractivity contribution in [2.45, 2.75) is 38.9 Å². The molecule has 22 heavy (non-hydrogen) atoms. The van der Waals surface area contributed by atoms with Crippen LogP contribution in [0.3, 0.4) is 0 Å². The van der Waals surface area contributed by atoms with Gasteiger partial charge < -0.3 is 10.2 Å². The molecule has 1 atom stereocenters. The monoisotopic (exact) mass is 299 g/mol. The second kappa shape index (κ2) is 6.17. The summed E-state index contributed by atoms with van der Waals surface area (Å²) in [6.07, 6.45) is 4.50. The summed E-state index contributed by atoms with van der Waals surface area (Å²) in [4.78, 5) is 18.5. The summed E-state index contributed by atoms with van der Waals surface area (Å²) in [6.45, 7) is 5.52. The van der Waals surface area contributed by atoms with E-state index in [1.54, 1.807) is 6.20 Å². The van der Waals surface area contributed by atoms with Crippen LogP contribution in [0.25, 0.3) is 0 Å². The first kappa shape index (κ1) is 14.6. The molecule has 0 saturated carbocycles. The smallest absolute Gasteiger partial charge is 0.245 e. The zero-order valence-electron chi connectivity index (χ0n) is 12.9. The van der Waals surface area contributed by atoms with Gasteiger partial charge in [-0.05, 0) is 32.4 Å². The minimum absolute atomic E-state index is 0.161. The van der Waals surface area contributed by atoms with E-state index in [0.29, 0.717) is 6.54 Å². The summed E-state index contributed by atoms with van der Waals surface area (Å²) in [6, 6.07) is 7.81. The molecule has 0 spiro atoms. The number of aromatic nitrogens is 3. The van der Waals surface area contributed by atoms with Crippen LogP contribution in [0, 0.1) is 0 Å². The Morgan fingerprint density at radius 2 is 2.23 bits per heavy atom. The van der Waals surface area contributed by atoms with E-state index >= 15 is 0 Å². The number of amides is 1. The fourth-order valence-electron chi connectivity index (χ4n) is 2.71. The minimum atomic E-state index is -0.166. The van der Waals surface area contributed by atoms with Crippen molar-refractivity contribution in [1.29, 1.82) is 0 Å². The van der Waals surface area contributed by atoms with Gasteiger partial charge in [-0.2, -0.15) is 5.10 Å². The Balaban J connectivity index is 1.62. The minimum Gasteiger partial charge on any atom is -0.357 e. The van der Waals surface area contributed by atoms with E-state index in [9.17, 15) is 4.79 Å². The van der Waals surface area contributed by atoms with Crippen molar-refractivity contribution in [2.24, 2.45) is 0 Å². The van der Waals surface area contributed by atoms with Crippen molar-refractivity contribution in [3.05, 3.63) is 42.4 Å². The molecule has 2 aromatic heterocycles. The predicted octanol–water partition coefficient (Wildman–Crippen LogP) is 1.75. The molecule has 1 saturated heterocycles. The molecule has 1 aliphatic rings. The van der Waals surface area contributed by atoms with E-state index < -0.39 is 0 Å². The molecule has 3 rings (SSSR count). The number of pyridine rings is 1. The molecule has 2 aromatic rings. The van der Waals surface area contributed by atoms with E-state index in [1.807, 2.05) is 53.9 Å². The van der Waals surface area contributed by atoms with Gasteiger partial charge in [-0.3, -0.25) is 14.5 Å². The van der Waals surface area contributed by atoms with Gasteiger partial charge in [0, 0.05) is 31.0 Å². The second-order valence-corrected chi connectivity index (χ2v) is 5.83. The topological polar surface area (TPSA) is 63.1 Å². The molecule has 6 heteroatoms. The Bertz CT molecular complexity index is 637. The highest BCUT2D eigenvalue weighted by Gasteiger charge is 2.33. The number of carbonyl (C=O) groups excluding carboxylic acids is 1. The highest BCUT2D eigenvalue weighted by molar-refractivity contribution is 5.86. The molecular formula is C16H21N5O. The van der Waals surface area contributed by atoms with E-state index in [1.165, 1.54) is 0 Å². The summed E-state index contributed by atoms with van der Waals surface area (Å²) in [5.74, 6) is 0.897. The third kappa shape index (κ3) is 3.10. The largest absolute Gasteiger partial charge is 0.357 e. The molecule has 0 aromatic carbocycles. The van der Waals surface area contributed by atoms with Crippen molar-refractivity contribution in [1.82, 2.24) is 19.7 Å². The molecule has 116 valence electrons. The molecule has 0 unspecified atom stereocenters. The van der Waals surface area contributed by atoms with Crippen LogP contribution in [0.2, 0.25) is 0 Å². The third-order valence-corrected chi connectivity index (χ3v) is 3.88.